The monoisotopic (exact) mass is 626 g/mol. The number of furan rings is 3. The highest BCUT2D eigenvalue weighted by Crippen LogP contribution is 2.51. The van der Waals surface area contributed by atoms with Crippen LogP contribution in [-0.4, -0.2) is 0 Å². The van der Waals surface area contributed by atoms with E-state index in [1.165, 1.54) is 0 Å². The van der Waals surface area contributed by atoms with E-state index in [0.29, 0.717) is 0 Å². The third-order valence-electron chi connectivity index (χ3n) is 10.1. The van der Waals surface area contributed by atoms with Crippen molar-refractivity contribution in [1.29, 1.82) is 0 Å². The summed E-state index contributed by atoms with van der Waals surface area (Å²) in [5, 5.41) is 10.0. The molecular weight excluding hydrogens is 601 g/mol. The minimum atomic E-state index is 0.796. The minimum absolute atomic E-state index is 0.796. The van der Waals surface area contributed by atoms with E-state index in [4.69, 9.17) is 13.3 Å². The van der Waals surface area contributed by atoms with E-state index in [1.807, 2.05) is 24.3 Å². The molecule has 0 spiro atoms. The number of rotatable bonds is 3. The molecule has 0 N–H and O–H groups in total. The lowest BCUT2D eigenvalue weighted by Crippen LogP contribution is -1.91. The zero-order valence-corrected chi connectivity index (χ0v) is 26.2. The summed E-state index contributed by atoms with van der Waals surface area (Å²) in [4.78, 5) is 0. The first-order valence-electron chi connectivity index (χ1n) is 16.6. The molecule has 0 aliphatic rings. The zero-order valence-electron chi connectivity index (χ0n) is 26.2. The molecule has 8 aromatic carbocycles. The smallest absolute Gasteiger partial charge is 0.144 e. The SMILES string of the molecule is c1ccc(-c2c(-c3c4ccccc4c(-c4cccc5c4oc4ccccc45)c4ccccc34)oc3cc4oc5ccccc5c4cc23)cc1. The van der Waals surface area contributed by atoms with Crippen molar-refractivity contribution in [1.82, 2.24) is 0 Å². The Hall–Kier alpha value is -6.58. The van der Waals surface area contributed by atoms with Crippen LogP contribution in [0.4, 0.5) is 0 Å². The van der Waals surface area contributed by atoms with E-state index in [1.54, 1.807) is 0 Å². The average Bonchev–Trinajstić information content (AvgIpc) is 3.84. The standard InChI is InChI=1S/C46H26O3/c1-2-13-27(14-3-1)42-37-25-36-29-16-9-10-23-38(29)47-40(36)26-41(37)49-46(42)44-32-19-6-4-17-30(32)43(31-18-5-7-20-33(31)44)35-22-12-21-34-28-15-8-11-24-39(28)48-45(34)35/h1-26H. The molecule has 0 fully saturated rings. The Kier molecular flexibility index (Phi) is 5.38. The van der Waals surface area contributed by atoms with Crippen LogP contribution in [0.5, 0.6) is 0 Å². The summed E-state index contributed by atoms with van der Waals surface area (Å²) < 4.78 is 20.0. The van der Waals surface area contributed by atoms with Gasteiger partial charge in [0.25, 0.3) is 0 Å². The lowest BCUT2D eigenvalue weighted by molar-refractivity contribution is 0.630. The molecule has 0 radical (unpaired) electrons. The largest absolute Gasteiger partial charge is 0.456 e. The van der Waals surface area contributed by atoms with Crippen molar-refractivity contribution in [3.8, 4) is 33.6 Å². The summed E-state index contributed by atoms with van der Waals surface area (Å²) in [5.41, 5.74) is 9.76. The maximum absolute atomic E-state index is 7.04. The lowest BCUT2D eigenvalue weighted by atomic mass is 9.85. The van der Waals surface area contributed by atoms with Crippen LogP contribution < -0.4 is 0 Å². The molecule has 0 atom stereocenters. The molecule has 3 nitrogen and oxygen atoms in total. The second kappa shape index (κ2) is 9.96. The zero-order chi connectivity index (χ0) is 32.1. The summed E-state index contributed by atoms with van der Waals surface area (Å²) in [7, 11) is 0. The van der Waals surface area contributed by atoms with Crippen molar-refractivity contribution in [2.24, 2.45) is 0 Å². The van der Waals surface area contributed by atoms with E-state index in [9.17, 15) is 0 Å². The van der Waals surface area contributed by atoms with Crippen molar-refractivity contribution in [2.75, 3.05) is 0 Å². The normalized spacial score (nSPS) is 12.1. The van der Waals surface area contributed by atoms with Gasteiger partial charge in [0, 0.05) is 55.3 Å². The molecular formula is C46H26O3. The molecule has 0 saturated carbocycles. The van der Waals surface area contributed by atoms with Gasteiger partial charge < -0.3 is 13.3 Å². The van der Waals surface area contributed by atoms with Crippen LogP contribution in [0, 0.1) is 0 Å². The van der Waals surface area contributed by atoms with Gasteiger partial charge >= 0.3 is 0 Å². The Labute approximate surface area is 280 Å². The van der Waals surface area contributed by atoms with Gasteiger partial charge in [0.15, 0.2) is 0 Å². The van der Waals surface area contributed by atoms with Gasteiger partial charge in [-0.15, -0.1) is 0 Å². The van der Waals surface area contributed by atoms with Crippen molar-refractivity contribution >= 4 is 76.4 Å². The summed E-state index contributed by atoms with van der Waals surface area (Å²) in [5.74, 6) is 0.846. The number of para-hydroxylation sites is 3. The molecule has 3 heteroatoms. The van der Waals surface area contributed by atoms with Crippen LogP contribution in [0.2, 0.25) is 0 Å². The summed E-state index contributed by atoms with van der Waals surface area (Å²) in [6, 6.07) is 55.3. The molecule has 228 valence electrons. The Bertz CT molecular complexity index is 3040. The van der Waals surface area contributed by atoms with Crippen molar-refractivity contribution in [3.05, 3.63) is 158 Å². The van der Waals surface area contributed by atoms with Gasteiger partial charge in [-0.1, -0.05) is 133 Å². The average molecular weight is 627 g/mol. The van der Waals surface area contributed by atoms with E-state index in [-0.39, 0.29) is 0 Å². The second-order valence-corrected chi connectivity index (χ2v) is 12.7. The Morgan fingerprint density at radius 2 is 0.816 bits per heavy atom. The Balaban J connectivity index is 1.29. The maximum Gasteiger partial charge on any atom is 0.144 e. The predicted molar refractivity (Wildman–Crippen MR) is 202 cm³/mol. The second-order valence-electron chi connectivity index (χ2n) is 12.7. The summed E-state index contributed by atoms with van der Waals surface area (Å²) in [6.07, 6.45) is 0. The minimum Gasteiger partial charge on any atom is -0.456 e. The highest BCUT2D eigenvalue weighted by molar-refractivity contribution is 6.26. The number of fused-ring (bicyclic) bond motifs is 9. The molecule has 0 aliphatic heterocycles. The predicted octanol–water partition coefficient (Wildman–Crippen LogP) is 13.5. The molecule has 11 rings (SSSR count). The fourth-order valence-electron chi connectivity index (χ4n) is 7.99. The van der Waals surface area contributed by atoms with Crippen LogP contribution >= 0.6 is 0 Å². The van der Waals surface area contributed by atoms with E-state index >= 15 is 0 Å². The first-order valence-corrected chi connectivity index (χ1v) is 16.6. The van der Waals surface area contributed by atoms with E-state index in [2.05, 4.69) is 133 Å². The molecule has 0 saturated heterocycles. The quantitative estimate of drug-likeness (QED) is 0.183. The highest BCUT2D eigenvalue weighted by atomic mass is 16.3. The van der Waals surface area contributed by atoms with Gasteiger partial charge in [0.05, 0.1) is 0 Å². The van der Waals surface area contributed by atoms with Crippen LogP contribution in [0.1, 0.15) is 0 Å². The summed E-state index contributed by atoms with van der Waals surface area (Å²) in [6.45, 7) is 0. The molecule has 0 aliphatic carbocycles. The van der Waals surface area contributed by atoms with Crippen LogP contribution in [0.3, 0.4) is 0 Å². The molecule has 3 aromatic heterocycles. The van der Waals surface area contributed by atoms with Gasteiger partial charge in [-0.2, -0.15) is 0 Å². The van der Waals surface area contributed by atoms with Gasteiger partial charge in [-0.05, 0) is 45.3 Å². The number of hydrogen-bond acceptors (Lipinski definition) is 3. The molecule has 3 heterocycles. The van der Waals surface area contributed by atoms with Gasteiger partial charge in [-0.25, -0.2) is 0 Å². The molecule has 49 heavy (non-hydrogen) atoms. The number of hydrogen-bond donors (Lipinski definition) is 0. The van der Waals surface area contributed by atoms with Gasteiger partial charge in [0.2, 0.25) is 0 Å². The molecule has 0 bridgehead atoms. The van der Waals surface area contributed by atoms with Crippen molar-refractivity contribution in [2.45, 2.75) is 0 Å². The lowest BCUT2D eigenvalue weighted by Gasteiger charge is -2.17. The van der Waals surface area contributed by atoms with Gasteiger partial charge in [0.1, 0.15) is 33.7 Å². The van der Waals surface area contributed by atoms with Crippen LogP contribution in [-0.2, 0) is 0 Å². The van der Waals surface area contributed by atoms with E-state index < -0.39 is 0 Å². The third kappa shape index (κ3) is 3.73. The highest BCUT2D eigenvalue weighted by Gasteiger charge is 2.26. The number of benzene rings is 8. The van der Waals surface area contributed by atoms with Crippen LogP contribution in [0.15, 0.2) is 171 Å². The fourth-order valence-corrected chi connectivity index (χ4v) is 7.99. The molecule has 0 unspecified atom stereocenters. The topological polar surface area (TPSA) is 39.4 Å². The third-order valence-corrected chi connectivity index (χ3v) is 10.1. The first kappa shape index (κ1) is 26.5. The first-order chi connectivity index (χ1) is 24.3. The Morgan fingerprint density at radius 1 is 0.286 bits per heavy atom. The van der Waals surface area contributed by atoms with Crippen LogP contribution in [0.25, 0.3) is 110 Å². The summed E-state index contributed by atoms with van der Waals surface area (Å²) >= 11 is 0. The molecule has 11 aromatic rings. The fraction of sp³-hybridized carbons (Fsp3) is 0. The van der Waals surface area contributed by atoms with E-state index in [0.717, 1.165) is 110 Å². The molecule has 0 amide bonds. The Morgan fingerprint density at radius 3 is 1.51 bits per heavy atom. The van der Waals surface area contributed by atoms with Gasteiger partial charge in [-0.3, -0.25) is 0 Å². The van der Waals surface area contributed by atoms with Crippen molar-refractivity contribution in [3.63, 3.8) is 0 Å². The van der Waals surface area contributed by atoms with Crippen molar-refractivity contribution < 1.29 is 13.3 Å². The maximum atomic E-state index is 7.04.